The van der Waals surface area contributed by atoms with Gasteiger partial charge in [-0.25, -0.2) is 13.8 Å². The predicted molar refractivity (Wildman–Crippen MR) is 97.2 cm³/mol. The van der Waals surface area contributed by atoms with Crippen LogP contribution in [-0.4, -0.2) is 48.0 Å². The summed E-state index contributed by atoms with van der Waals surface area (Å²) in [4.78, 5) is 20.7. The van der Waals surface area contributed by atoms with E-state index in [1.54, 1.807) is 25.3 Å². The van der Waals surface area contributed by atoms with Crippen molar-refractivity contribution >= 4 is 17.4 Å². The number of anilines is 2. The van der Waals surface area contributed by atoms with Crippen LogP contribution in [0.3, 0.4) is 0 Å². The number of benzene rings is 1. The number of carbonyl (C=O) groups is 1. The zero-order valence-electron chi connectivity index (χ0n) is 14.8. The van der Waals surface area contributed by atoms with Crippen LogP contribution in [0.1, 0.15) is 12.5 Å². The molecule has 0 aliphatic carbocycles. The minimum absolute atomic E-state index is 0.0426. The monoisotopic (exact) mass is 371 g/mol. The molecule has 1 saturated heterocycles. The quantitative estimate of drug-likeness (QED) is 0.893. The van der Waals surface area contributed by atoms with Crippen molar-refractivity contribution in [1.29, 1.82) is 5.26 Å². The van der Waals surface area contributed by atoms with Crippen molar-refractivity contribution in [1.82, 2.24) is 9.88 Å². The smallest absolute Gasteiger partial charge is 0.241 e. The van der Waals surface area contributed by atoms with Gasteiger partial charge in [-0.2, -0.15) is 5.26 Å². The van der Waals surface area contributed by atoms with E-state index in [2.05, 4.69) is 16.4 Å². The lowest BCUT2D eigenvalue weighted by atomic mass is 10.2. The molecule has 1 unspecified atom stereocenters. The maximum atomic E-state index is 13.7. The summed E-state index contributed by atoms with van der Waals surface area (Å²) in [6, 6.07) is 8.15. The Bertz CT molecular complexity index is 875. The fourth-order valence-corrected chi connectivity index (χ4v) is 3.05. The van der Waals surface area contributed by atoms with Gasteiger partial charge in [0.05, 0.1) is 17.3 Å². The van der Waals surface area contributed by atoms with Crippen LogP contribution in [0, 0.1) is 23.0 Å². The summed E-state index contributed by atoms with van der Waals surface area (Å²) in [6.07, 6.45) is 1.65. The molecule has 1 fully saturated rings. The third kappa shape index (κ3) is 4.20. The number of hydrogen-bond donors (Lipinski definition) is 1. The number of pyridine rings is 1. The maximum Gasteiger partial charge on any atom is 0.241 e. The maximum absolute atomic E-state index is 13.7. The normalized spacial score (nSPS) is 15.9. The molecule has 1 atom stereocenters. The van der Waals surface area contributed by atoms with Gasteiger partial charge in [0.2, 0.25) is 5.91 Å². The number of nitriles is 1. The number of carbonyl (C=O) groups excluding carboxylic acids is 1. The van der Waals surface area contributed by atoms with Crippen molar-refractivity contribution in [3.05, 3.63) is 53.7 Å². The zero-order chi connectivity index (χ0) is 19.4. The van der Waals surface area contributed by atoms with Gasteiger partial charge in [0.25, 0.3) is 0 Å². The Hall–Kier alpha value is -3.05. The Labute approximate surface area is 156 Å². The van der Waals surface area contributed by atoms with Gasteiger partial charge in [0.15, 0.2) is 0 Å². The first-order valence-corrected chi connectivity index (χ1v) is 8.59. The average molecular weight is 371 g/mol. The van der Waals surface area contributed by atoms with Crippen molar-refractivity contribution in [3.63, 3.8) is 0 Å². The number of hydrogen-bond acceptors (Lipinski definition) is 5. The molecule has 8 heteroatoms. The van der Waals surface area contributed by atoms with Crippen LogP contribution in [0.4, 0.5) is 20.3 Å². The van der Waals surface area contributed by atoms with Gasteiger partial charge >= 0.3 is 0 Å². The number of rotatable bonds is 4. The first-order valence-electron chi connectivity index (χ1n) is 8.59. The van der Waals surface area contributed by atoms with Crippen LogP contribution in [0.25, 0.3) is 0 Å². The van der Waals surface area contributed by atoms with E-state index in [1.807, 2.05) is 9.80 Å². The van der Waals surface area contributed by atoms with E-state index in [1.165, 1.54) is 6.07 Å². The van der Waals surface area contributed by atoms with E-state index < -0.39 is 17.7 Å². The number of aromatic nitrogens is 1. The Morgan fingerprint density at radius 3 is 2.67 bits per heavy atom. The highest BCUT2D eigenvalue weighted by Gasteiger charge is 2.27. The molecule has 0 saturated carbocycles. The molecule has 0 spiro atoms. The molecule has 0 radical (unpaired) electrons. The van der Waals surface area contributed by atoms with Gasteiger partial charge in [-0.15, -0.1) is 0 Å². The summed E-state index contributed by atoms with van der Waals surface area (Å²) < 4.78 is 26.7. The van der Waals surface area contributed by atoms with Crippen molar-refractivity contribution in [2.24, 2.45) is 0 Å². The largest absolute Gasteiger partial charge is 0.353 e. The molecular formula is C19H19F2N5O. The molecule has 1 aromatic carbocycles. The van der Waals surface area contributed by atoms with E-state index in [-0.39, 0.29) is 11.6 Å². The summed E-state index contributed by atoms with van der Waals surface area (Å²) in [5, 5.41) is 11.7. The van der Waals surface area contributed by atoms with Gasteiger partial charge in [-0.05, 0) is 31.2 Å². The van der Waals surface area contributed by atoms with Crippen molar-refractivity contribution in [2.75, 3.05) is 36.4 Å². The van der Waals surface area contributed by atoms with Gasteiger partial charge in [-0.3, -0.25) is 9.69 Å². The van der Waals surface area contributed by atoms with Crippen molar-refractivity contribution in [3.8, 4) is 6.07 Å². The standard InChI is InChI=1S/C19H19F2N5O/c1-13(19(27)24-17-5-4-15(20)11-16(17)21)25-7-9-26(10-8-25)18-14(12-22)3-2-6-23-18/h2-6,11,13H,7-10H2,1H3,(H,24,27). The summed E-state index contributed by atoms with van der Waals surface area (Å²) in [5.74, 6) is -1.21. The lowest BCUT2D eigenvalue weighted by molar-refractivity contribution is -0.120. The fourth-order valence-electron chi connectivity index (χ4n) is 3.05. The number of amides is 1. The molecule has 2 aromatic rings. The highest BCUT2D eigenvalue weighted by molar-refractivity contribution is 5.94. The second-order valence-corrected chi connectivity index (χ2v) is 6.30. The third-order valence-corrected chi connectivity index (χ3v) is 4.64. The molecule has 0 bridgehead atoms. The molecule has 2 heterocycles. The highest BCUT2D eigenvalue weighted by atomic mass is 19.1. The molecule has 1 N–H and O–H groups in total. The molecule has 1 aromatic heterocycles. The number of nitrogens with zero attached hydrogens (tertiary/aromatic N) is 4. The van der Waals surface area contributed by atoms with E-state index in [0.717, 1.165) is 12.1 Å². The second kappa shape index (κ2) is 8.10. The predicted octanol–water partition coefficient (Wildman–Crippen LogP) is 2.38. The van der Waals surface area contributed by atoms with Crippen LogP contribution in [0.5, 0.6) is 0 Å². The first kappa shape index (κ1) is 18.7. The zero-order valence-corrected chi connectivity index (χ0v) is 14.8. The molecule has 1 amide bonds. The van der Waals surface area contributed by atoms with E-state index in [9.17, 15) is 18.8 Å². The minimum Gasteiger partial charge on any atom is -0.353 e. The lowest BCUT2D eigenvalue weighted by Crippen LogP contribution is -2.53. The molecule has 1 aliphatic rings. The van der Waals surface area contributed by atoms with Gasteiger partial charge in [-0.1, -0.05) is 0 Å². The lowest BCUT2D eigenvalue weighted by Gasteiger charge is -2.38. The van der Waals surface area contributed by atoms with Crippen LogP contribution in [0.2, 0.25) is 0 Å². The van der Waals surface area contributed by atoms with Crippen LogP contribution in [-0.2, 0) is 4.79 Å². The Morgan fingerprint density at radius 1 is 1.26 bits per heavy atom. The second-order valence-electron chi connectivity index (χ2n) is 6.30. The van der Waals surface area contributed by atoms with Crippen molar-refractivity contribution < 1.29 is 13.6 Å². The Morgan fingerprint density at radius 2 is 2.00 bits per heavy atom. The molecule has 27 heavy (non-hydrogen) atoms. The highest BCUT2D eigenvalue weighted by Crippen LogP contribution is 2.20. The SMILES string of the molecule is CC(C(=O)Nc1ccc(F)cc1F)N1CCN(c2ncccc2C#N)CC1. The molecular weight excluding hydrogens is 352 g/mol. The number of nitrogens with one attached hydrogen (secondary N) is 1. The number of halogens is 2. The minimum atomic E-state index is -0.806. The summed E-state index contributed by atoms with van der Waals surface area (Å²) >= 11 is 0. The van der Waals surface area contributed by atoms with E-state index >= 15 is 0 Å². The summed E-state index contributed by atoms with van der Waals surface area (Å²) in [7, 11) is 0. The number of piperazine rings is 1. The molecule has 6 nitrogen and oxygen atoms in total. The average Bonchev–Trinajstić information content (AvgIpc) is 2.69. The van der Waals surface area contributed by atoms with Crippen LogP contribution >= 0.6 is 0 Å². The van der Waals surface area contributed by atoms with Gasteiger partial charge < -0.3 is 10.2 Å². The summed E-state index contributed by atoms with van der Waals surface area (Å²) in [6.45, 7) is 4.18. The molecule has 3 rings (SSSR count). The van der Waals surface area contributed by atoms with Crippen LogP contribution < -0.4 is 10.2 Å². The topological polar surface area (TPSA) is 72.3 Å². The van der Waals surface area contributed by atoms with E-state index in [4.69, 9.17) is 0 Å². The first-order chi connectivity index (χ1) is 13.0. The summed E-state index contributed by atoms with van der Waals surface area (Å²) in [5.41, 5.74) is 0.475. The Balaban J connectivity index is 1.60. The van der Waals surface area contributed by atoms with Crippen molar-refractivity contribution in [2.45, 2.75) is 13.0 Å². The Kier molecular flexibility index (Phi) is 5.62. The van der Waals surface area contributed by atoms with Crippen LogP contribution in [0.15, 0.2) is 36.5 Å². The van der Waals surface area contributed by atoms with Gasteiger partial charge in [0.1, 0.15) is 23.5 Å². The van der Waals surface area contributed by atoms with Gasteiger partial charge in [0, 0.05) is 38.4 Å². The molecule has 1 aliphatic heterocycles. The van der Waals surface area contributed by atoms with E-state index in [0.29, 0.717) is 37.6 Å². The molecule has 140 valence electrons. The fraction of sp³-hybridized carbons (Fsp3) is 0.316. The third-order valence-electron chi connectivity index (χ3n) is 4.64.